The Bertz CT molecular complexity index is 776. The number of rotatable bonds is 10. The highest BCUT2D eigenvalue weighted by molar-refractivity contribution is 6.18. The van der Waals surface area contributed by atoms with E-state index in [1.54, 1.807) is 13.1 Å². The third-order valence-corrected chi connectivity index (χ3v) is 4.27. The molecule has 0 atom stereocenters. The predicted molar refractivity (Wildman–Crippen MR) is 119 cm³/mol. The zero-order valence-electron chi connectivity index (χ0n) is 16.2. The Hall–Kier alpha value is -1.90. The van der Waals surface area contributed by atoms with Crippen molar-refractivity contribution in [1.29, 1.82) is 0 Å². The Morgan fingerprint density at radius 2 is 1.93 bits per heavy atom. The van der Waals surface area contributed by atoms with Crippen LogP contribution in [0.5, 0.6) is 5.75 Å². The van der Waals surface area contributed by atoms with E-state index in [1.165, 1.54) is 4.68 Å². The Labute approximate surface area is 181 Å². The fourth-order valence-corrected chi connectivity index (χ4v) is 2.92. The van der Waals surface area contributed by atoms with Gasteiger partial charge in [0.25, 0.3) is 5.95 Å². The van der Waals surface area contributed by atoms with Gasteiger partial charge in [-0.05, 0) is 38.5 Å². The van der Waals surface area contributed by atoms with Crippen molar-refractivity contribution in [1.82, 2.24) is 14.9 Å². The predicted octanol–water partition coefficient (Wildman–Crippen LogP) is 3.16. The first-order chi connectivity index (χ1) is 13.0. The number of aromatic nitrogens is 3. The van der Waals surface area contributed by atoms with E-state index < -0.39 is 0 Å². The molecule has 0 fully saturated rings. The molecule has 0 aliphatic rings. The van der Waals surface area contributed by atoms with Gasteiger partial charge in [0.1, 0.15) is 5.75 Å². The Kier molecular flexibility index (Phi) is 10.2. The van der Waals surface area contributed by atoms with Crippen LogP contribution in [0.2, 0.25) is 0 Å². The van der Waals surface area contributed by atoms with Gasteiger partial charge in [-0.2, -0.15) is 5.10 Å². The van der Waals surface area contributed by atoms with E-state index in [1.807, 2.05) is 19.9 Å². The topological polar surface area (TPSA) is 93.6 Å². The Morgan fingerprint density at radius 3 is 2.46 bits per heavy atom. The summed E-state index contributed by atoms with van der Waals surface area (Å²) in [5, 5.41) is 12.0. The molecule has 0 amide bonds. The number of hydrogen-bond acceptors (Lipinski definition) is 7. The maximum absolute atomic E-state index is 5.95. The Balaban J connectivity index is 0.00000392. The molecule has 0 saturated carbocycles. The number of aryl methyl sites for hydroxylation is 2. The highest BCUT2D eigenvalue weighted by Gasteiger charge is 2.14. The summed E-state index contributed by atoms with van der Waals surface area (Å²) < 4.78 is 7.17. The highest BCUT2D eigenvalue weighted by Crippen LogP contribution is 2.31. The number of hydrogen-bond donors (Lipinski definition) is 2. The van der Waals surface area contributed by atoms with Crippen LogP contribution in [0, 0.1) is 13.8 Å². The van der Waals surface area contributed by atoms with E-state index in [4.69, 9.17) is 33.8 Å². The van der Waals surface area contributed by atoms with Gasteiger partial charge in [-0.15, -0.1) is 45.8 Å². The molecule has 0 radical (unpaired) electrons. The van der Waals surface area contributed by atoms with E-state index in [-0.39, 0.29) is 12.4 Å². The standard InChI is InChI=1S/C17H25Cl2N7O.ClH/c1-4-27-16-10-14(11-21-23-17-24-22-13(3)26(17)20)12(2)9-15(16)25(7-5-18)8-6-19;/h9-11H,4-8,20H2,1-3H3,(H,23,24);1H/b21-11+;. The zero-order valence-corrected chi connectivity index (χ0v) is 18.5. The van der Waals surface area contributed by atoms with Crippen LogP contribution in [0.4, 0.5) is 11.6 Å². The van der Waals surface area contributed by atoms with Crippen molar-refractivity contribution in [3.8, 4) is 5.75 Å². The molecule has 2 aromatic rings. The van der Waals surface area contributed by atoms with Gasteiger partial charge in [-0.25, -0.2) is 10.1 Å². The highest BCUT2D eigenvalue weighted by atomic mass is 35.5. The lowest BCUT2D eigenvalue weighted by Gasteiger charge is -2.26. The van der Waals surface area contributed by atoms with Gasteiger partial charge in [0.15, 0.2) is 5.82 Å². The summed E-state index contributed by atoms with van der Waals surface area (Å²) in [6, 6.07) is 4.01. The molecule has 8 nitrogen and oxygen atoms in total. The first-order valence-electron chi connectivity index (χ1n) is 8.62. The lowest BCUT2D eigenvalue weighted by molar-refractivity contribution is 0.340. The third kappa shape index (κ3) is 6.05. The fourth-order valence-electron chi connectivity index (χ4n) is 2.51. The van der Waals surface area contributed by atoms with Gasteiger partial charge in [-0.1, -0.05) is 0 Å². The quantitative estimate of drug-likeness (QED) is 0.250. The number of anilines is 2. The molecule has 0 spiro atoms. The second kappa shape index (κ2) is 11.8. The lowest BCUT2D eigenvalue weighted by atomic mass is 10.1. The van der Waals surface area contributed by atoms with Crippen molar-refractivity contribution in [2.45, 2.75) is 20.8 Å². The first-order valence-corrected chi connectivity index (χ1v) is 9.69. The van der Waals surface area contributed by atoms with Crippen molar-refractivity contribution in [3.63, 3.8) is 0 Å². The number of benzene rings is 1. The average molecular weight is 451 g/mol. The fraction of sp³-hybridized carbons (Fsp3) is 0.471. The molecular weight excluding hydrogens is 425 g/mol. The van der Waals surface area contributed by atoms with E-state index in [2.05, 4.69) is 31.7 Å². The van der Waals surface area contributed by atoms with Gasteiger partial charge in [0.05, 0.1) is 18.5 Å². The van der Waals surface area contributed by atoms with Gasteiger partial charge < -0.3 is 15.5 Å². The molecule has 0 aliphatic carbocycles. The van der Waals surface area contributed by atoms with Gasteiger partial charge in [0.2, 0.25) is 0 Å². The molecule has 2 rings (SSSR count). The van der Waals surface area contributed by atoms with Crippen molar-refractivity contribution in [2.75, 3.05) is 47.6 Å². The molecule has 0 aliphatic heterocycles. The largest absolute Gasteiger partial charge is 0.492 e. The van der Waals surface area contributed by atoms with E-state index in [0.29, 0.717) is 43.2 Å². The molecule has 28 heavy (non-hydrogen) atoms. The van der Waals surface area contributed by atoms with Crippen LogP contribution in [-0.4, -0.2) is 52.5 Å². The van der Waals surface area contributed by atoms with Crippen molar-refractivity contribution in [2.24, 2.45) is 5.10 Å². The SMILES string of the molecule is CCOc1cc(/C=N/Nc2nnc(C)n2N)c(C)cc1N(CCCl)CCCl.Cl. The molecule has 0 unspecified atom stereocenters. The molecular formula is C17H26Cl3N7O. The molecule has 1 aromatic carbocycles. The lowest BCUT2D eigenvalue weighted by Crippen LogP contribution is -2.28. The number of alkyl halides is 2. The van der Waals surface area contributed by atoms with Crippen LogP contribution in [0.25, 0.3) is 0 Å². The molecule has 156 valence electrons. The number of hydrazone groups is 1. The summed E-state index contributed by atoms with van der Waals surface area (Å²) in [6.45, 7) is 7.64. The monoisotopic (exact) mass is 449 g/mol. The maximum atomic E-state index is 5.95. The van der Waals surface area contributed by atoms with Crippen molar-refractivity contribution >= 4 is 53.5 Å². The first kappa shape index (κ1) is 24.1. The number of ether oxygens (including phenoxy) is 1. The van der Waals surface area contributed by atoms with Crippen LogP contribution >= 0.6 is 35.6 Å². The average Bonchev–Trinajstić information content (AvgIpc) is 2.96. The number of nitrogens with two attached hydrogens (primary N) is 1. The van der Waals surface area contributed by atoms with Gasteiger partial charge in [-0.3, -0.25) is 0 Å². The van der Waals surface area contributed by atoms with E-state index in [0.717, 1.165) is 22.6 Å². The molecule has 0 bridgehead atoms. The van der Waals surface area contributed by atoms with Crippen molar-refractivity contribution < 1.29 is 4.74 Å². The molecule has 1 aromatic heterocycles. The number of halogens is 3. The second-order valence-electron chi connectivity index (χ2n) is 5.79. The summed E-state index contributed by atoms with van der Waals surface area (Å²) in [5.74, 6) is 8.52. The zero-order chi connectivity index (χ0) is 19.8. The third-order valence-electron chi connectivity index (χ3n) is 3.93. The number of nitrogen functional groups attached to an aromatic ring is 1. The minimum Gasteiger partial charge on any atom is -0.492 e. The van der Waals surface area contributed by atoms with Crippen LogP contribution in [0.1, 0.15) is 23.9 Å². The summed E-state index contributed by atoms with van der Waals surface area (Å²) in [4.78, 5) is 2.12. The maximum Gasteiger partial charge on any atom is 0.263 e. The van der Waals surface area contributed by atoms with Gasteiger partial charge >= 0.3 is 0 Å². The molecule has 11 heteroatoms. The van der Waals surface area contributed by atoms with E-state index in [9.17, 15) is 0 Å². The van der Waals surface area contributed by atoms with Crippen LogP contribution in [-0.2, 0) is 0 Å². The Morgan fingerprint density at radius 1 is 1.25 bits per heavy atom. The van der Waals surface area contributed by atoms with Crippen LogP contribution in [0.3, 0.4) is 0 Å². The van der Waals surface area contributed by atoms with E-state index >= 15 is 0 Å². The summed E-state index contributed by atoms with van der Waals surface area (Å²) in [7, 11) is 0. The number of nitrogens with one attached hydrogen (secondary N) is 1. The number of nitrogens with zero attached hydrogens (tertiary/aromatic N) is 5. The normalized spacial score (nSPS) is 10.8. The smallest absolute Gasteiger partial charge is 0.263 e. The minimum absolute atomic E-state index is 0. The summed E-state index contributed by atoms with van der Waals surface area (Å²) in [5.41, 5.74) is 5.71. The molecule has 0 saturated heterocycles. The van der Waals surface area contributed by atoms with Crippen LogP contribution in [0.15, 0.2) is 17.2 Å². The van der Waals surface area contributed by atoms with Gasteiger partial charge in [0, 0.05) is 30.4 Å². The summed E-state index contributed by atoms with van der Waals surface area (Å²) >= 11 is 11.9. The molecule has 3 N–H and O–H groups in total. The summed E-state index contributed by atoms with van der Waals surface area (Å²) in [6.07, 6.45) is 1.69. The van der Waals surface area contributed by atoms with Crippen molar-refractivity contribution in [3.05, 3.63) is 29.1 Å². The second-order valence-corrected chi connectivity index (χ2v) is 6.54. The molecule has 1 heterocycles. The van der Waals surface area contributed by atoms with Crippen LogP contribution < -0.4 is 20.9 Å². The minimum atomic E-state index is 0.